The predicted octanol–water partition coefficient (Wildman–Crippen LogP) is 2.87. The Kier molecular flexibility index (Phi) is 2.45. The quantitative estimate of drug-likeness (QED) is 0.352. The summed E-state index contributed by atoms with van der Waals surface area (Å²) in [5, 5.41) is 1.78. The molecule has 0 spiro atoms. The van der Waals surface area contributed by atoms with Gasteiger partial charge in [-0.3, -0.25) is 0 Å². The number of hydrogen-bond acceptors (Lipinski definition) is 2. The molecule has 1 rings (SSSR count). The van der Waals surface area contributed by atoms with E-state index in [1.165, 1.54) is 0 Å². The van der Waals surface area contributed by atoms with Gasteiger partial charge in [-0.1, -0.05) is 0 Å². The van der Waals surface area contributed by atoms with Crippen LogP contribution in [0.5, 0.6) is 0 Å². The molecule has 0 heterocycles. The van der Waals surface area contributed by atoms with Gasteiger partial charge in [0.15, 0.2) is 5.83 Å². The third-order valence-corrected chi connectivity index (χ3v) is 1.47. The Morgan fingerprint density at radius 1 is 1.58 bits per heavy atom. The van der Waals surface area contributed by atoms with Crippen molar-refractivity contribution in [2.24, 2.45) is 4.99 Å². The van der Waals surface area contributed by atoms with Gasteiger partial charge in [-0.2, -0.15) is 4.99 Å². The highest BCUT2D eigenvalue weighted by Crippen LogP contribution is 2.32. The van der Waals surface area contributed by atoms with Gasteiger partial charge >= 0.3 is 0 Å². The van der Waals surface area contributed by atoms with E-state index in [0.717, 1.165) is 6.08 Å². The summed E-state index contributed by atoms with van der Waals surface area (Å²) >= 11 is 4.15. The maximum absolute atomic E-state index is 13.2. The molecule has 0 fully saturated rings. The zero-order valence-electron chi connectivity index (χ0n) is 5.85. The minimum absolute atomic E-state index is 0.689. The van der Waals surface area contributed by atoms with E-state index in [1.807, 2.05) is 0 Å². The van der Waals surface area contributed by atoms with Gasteiger partial charge in [0.05, 0.1) is 11.6 Å². The number of isothiocyanates is 1. The number of nitrogens with zero attached hydrogens (tertiary/aromatic N) is 1. The van der Waals surface area contributed by atoms with Crippen LogP contribution < -0.4 is 0 Å². The summed E-state index contributed by atoms with van der Waals surface area (Å²) in [7, 11) is 0. The van der Waals surface area contributed by atoms with E-state index in [2.05, 4.69) is 17.2 Å². The average Bonchev–Trinajstić information content (AvgIpc) is 1.98. The number of hydrogen-bond donors (Lipinski definition) is 0. The zero-order valence-corrected chi connectivity index (χ0v) is 6.67. The molecule has 0 aliphatic heterocycles. The van der Waals surface area contributed by atoms with Crippen LogP contribution in [0.15, 0.2) is 28.8 Å². The number of rotatable bonds is 1. The molecule has 0 aromatic rings. The smallest absolute Gasteiger partial charge is 0.212 e. The summed E-state index contributed by atoms with van der Waals surface area (Å²) < 4.78 is 38.0. The lowest BCUT2D eigenvalue weighted by Crippen LogP contribution is -2.19. The monoisotopic (exact) mass is 191 g/mol. The van der Waals surface area contributed by atoms with E-state index in [4.69, 9.17) is 0 Å². The number of thiocarbonyl (C=S) groups is 1. The molecule has 5 heteroatoms. The van der Waals surface area contributed by atoms with Gasteiger partial charge in [0, 0.05) is 0 Å². The van der Waals surface area contributed by atoms with Crippen LogP contribution in [-0.4, -0.2) is 11.0 Å². The van der Waals surface area contributed by atoms with Crippen molar-refractivity contribution in [3.8, 4) is 0 Å². The Bertz CT molecular complexity index is 304. The van der Waals surface area contributed by atoms with Crippen molar-refractivity contribution in [1.82, 2.24) is 0 Å². The second-order valence-corrected chi connectivity index (χ2v) is 2.47. The zero-order chi connectivity index (χ0) is 9.19. The van der Waals surface area contributed by atoms with Crippen molar-refractivity contribution in [2.45, 2.75) is 12.2 Å². The highest BCUT2D eigenvalue weighted by molar-refractivity contribution is 7.78. The van der Waals surface area contributed by atoms with Crippen molar-refractivity contribution < 1.29 is 13.2 Å². The van der Waals surface area contributed by atoms with Gasteiger partial charge < -0.3 is 0 Å². The largest absolute Gasteiger partial charge is 0.234 e. The fourth-order valence-corrected chi connectivity index (χ4v) is 0.957. The summed E-state index contributed by atoms with van der Waals surface area (Å²) in [6.07, 6.45) is 0.749. The van der Waals surface area contributed by atoms with Crippen LogP contribution in [0.3, 0.4) is 0 Å². The van der Waals surface area contributed by atoms with Crippen molar-refractivity contribution in [2.75, 3.05) is 0 Å². The van der Waals surface area contributed by atoms with Crippen LogP contribution in [0.25, 0.3) is 0 Å². The van der Waals surface area contributed by atoms with E-state index in [0.29, 0.717) is 6.08 Å². The van der Waals surface area contributed by atoms with Crippen LogP contribution in [0, 0.1) is 0 Å². The minimum Gasteiger partial charge on any atom is -0.212 e. The van der Waals surface area contributed by atoms with Gasteiger partial charge in [-0.25, -0.2) is 13.2 Å². The fourth-order valence-electron chi connectivity index (χ4n) is 0.805. The van der Waals surface area contributed by atoms with E-state index in [9.17, 15) is 13.2 Å². The lowest BCUT2D eigenvalue weighted by atomic mass is 10.1. The second-order valence-electron chi connectivity index (χ2n) is 2.28. The summed E-state index contributed by atoms with van der Waals surface area (Å²) in [4.78, 5) is 3.07. The van der Waals surface area contributed by atoms with Crippen LogP contribution in [0.4, 0.5) is 13.2 Å². The maximum Gasteiger partial charge on any atom is 0.234 e. The second kappa shape index (κ2) is 3.21. The number of allylic oxidation sites excluding steroid dienone is 2. The summed E-state index contributed by atoms with van der Waals surface area (Å²) in [6.45, 7) is 0. The number of aliphatic imine (C=N–C) groups is 1. The number of alkyl halides is 1. The minimum atomic E-state index is -2.26. The Labute approximate surface area is 72.3 Å². The summed E-state index contributed by atoms with van der Waals surface area (Å²) in [5.41, 5.74) is 0. The predicted molar refractivity (Wildman–Crippen MR) is 41.9 cm³/mol. The Morgan fingerprint density at radius 3 is 2.75 bits per heavy atom. The first-order valence-electron chi connectivity index (χ1n) is 3.09. The Balaban J connectivity index is 2.93. The molecule has 1 unspecified atom stereocenters. The molecular weight excluding hydrogens is 187 g/mol. The third kappa shape index (κ3) is 1.81. The number of halogens is 3. The van der Waals surface area contributed by atoms with Gasteiger partial charge in [0.1, 0.15) is 5.83 Å². The lowest BCUT2D eigenvalue weighted by molar-refractivity contribution is 0.222. The van der Waals surface area contributed by atoms with E-state index in [1.54, 1.807) is 5.16 Å². The SMILES string of the molecule is FC1=C(F)CC(F)(N=C=S)C=C1. The molecule has 0 radical (unpaired) electrons. The summed E-state index contributed by atoms with van der Waals surface area (Å²) in [5.74, 6) is -4.49. The molecule has 0 aromatic heterocycles. The van der Waals surface area contributed by atoms with Gasteiger partial charge in [-0.05, 0) is 24.4 Å². The van der Waals surface area contributed by atoms with Crippen molar-refractivity contribution in [3.63, 3.8) is 0 Å². The standard InChI is InChI=1S/C7H4F3NS/c8-5-1-2-7(10,11-4-12)3-6(5)9/h1-2H,3H2. The average molecular weight is 191 g/mol. The van der Waals surface area contributed by atoms with Gasteiger partial charge in [0.25, 0.3) is 0 Å². The molecule has 0 bridgehead atoms. The van der Waals surface area contributed by atoms with Crippen LogP contribution in [0.2, 0.25) is 0 Å². The van der Waals surface area contributed by atoms with Crippen LogP contribution in [-0.2, 0) is 0 Å². The normalized spacial score (nSPS) is 28.6. The van der Waals surface area contributed by atoms with E-state index < -0.39 is 23.9 Å². The molecule has 12 heavy (non-hydrogen) atoms. The molecule has 1 nitrogen and oxygen atoms in total. The Hall–Kier alpha value is -0.930. The first-order chi connectivity index (χ1) is 5.57. The van der Waals surface area contributed by atoms with Crippen LogP contribution in [0.1, 0.15) is 6.42 Å². The molecule has 1 aliphatic rings. The molecule has 0 N–H and O–H groups in total. The van der Waals surface area contributed by atoms with Crippen LogP contribution >= 0.6 is 12.2 Å². The third-order valence-electron chi connectivity index (χ3n) is 1.38. The van der Waals surface area contributed by atoms with E-state index in [-0.39, 0.29) is 0 Å². The fraction of sp³-hybridized carbons (Fsp3) is 0.286. The highest BCUT2D eigenvalue weighted by atomic mass is 32.1. The van der Waals surface area contributed by atoms with Crippen molar-refractivity contribution >= 4 is 17.4 Å². The van der Waals surface area contributed by atoms with Crippen molar-refractivity contribution in [1.29, 1.82) is 0 Å². The Morgan fingerprint density at radius 2 is 2.25 bits per heavy atom. The van der Waals surface area contributed by atoms with E-state index >= 15 is 0 Å². The first-order valence-corrected chi connectivity index (χ1v) is 3.49. The molecular formula is C7H4F3NS. The van der Waals surface area contributed by atoms with Crippen molar-refractivity contribution in [3.05, 3.63) is 23.8 Å². The molecule has 64 valence electrons. The molecule has 1 atom stereocenters. The molecule has 0 saturated heterocycles. The molecule has 0 aromatic carbocycles. The molecule has 0 amide bonds. The molecule has 1 aliphatic carbocycles. The lowest BCUT2D eigenvalue weighted by Gasteiger charge is -2.16. The van der Waals surface area contributed by atoms with Gasteiger partial charge in [-0.15, -0.1) is 0 Å². The topological polar surface area (TPSA) is 12.4 Å². The van der Waals surface area contributed by atoms with Gasteiger partial charge in [0.2, 0.25) is 5.79 Å². The summed E-state index contributed by atoms with van der Waals surface area (Å²) in [6, 6.07) is 0. The first kappa shape index (κ1) is 9.16. The highest BCUT2D eigenvalue weighted by Gasteiger charge is 2.31. The molecule has 0 saturated carbocycles. The maximum atomic E-state index is 13.2.